The number of ether oxygens (including phenoxy) is 4. The Morgan fingerprint density at radius 1 is 0.768 bits per heavy atom. The molecule has 5 heterocycles. The Bertz CT molecular complexity index is 1820. The molecule has 0 amide bonds. The average molecular weight is 785 g/mol. The summed E-state index contributed by atoms with van der Waals surface area (Å²) < 4.78 is 26.5. The molecule has 56 heavy (non-hydrogen) atoms. The highest BCUT2D eigenvalue weighted by Gasteiger charge is 2.91. The quantitative estimate of drug-likeness (QED) is 0.203. The lowest BCUT2D eigenvalue weighted by Crippen LogP contribution is -2.89. The number of Topliss-reactive ketones (excluding diaryl/α,β-unsaturated/α-hetero) is 2. The number of fused-ring (bicyclic) bond motifs is 3. The van der Waals surface area contributed by atoms with Gasteiger partial charge in [-0.05, 0) is 91.9 Å². The van der Waals surface area contributed by atoms with E-state index < -0.39 is 146 Å². The highest BCUT2D eigenvalue weighted by Crippen LogP contribution is 2.80. The molecule has 13 heteroatoms. The monoisotopic (exact) mass is 784 g/mol. The van der Waals surface area contributed by atoms with Gasteiger partial charge in [0.05, 0.1) is 36.4 Å². The lowest BCUT2D eigenvalue weighted by molar-refractivity contribution is -0.546. The van der Waals surface area contributed by atoms with Crippen molar-refractivity contribution in [1.29, 1.82) is 0 Å². The molecule has 13 rings (SSSR count). The number of hydrogen-bond acceptors (Lipinski definition) is 13. The molecule has 0 aromatic heterocycles. The molecule has 4 spiro atoms. The summed E-state index contributed by atoms with van der Waals surface area (Å²) in [5.41, 5.74) is -6.44. The van der Waals surface area contributed by atoms with Gasteiger partial charge in [-0.15, -0.1) is 0 Å². The fourth-order valence-electron chi connectivity index (χ4n) is 17.7. The minimum absolute atomic E-state index is 0.000769. The molecule has 13 aliphatic rings. The van der Waals surface area contributed by atoms with Crippen LogP contribution in [0.1, 0.15) is 92.4 Å². The molecule has 0 aromatic rings. The maximum absolute atomic E-state index is 15.2. The Labute approximate surface area is 327 Å². The number of carbonyl (C=O) groups excluding carboxylic acids is 2. The van der Waals surface area contributed by atoms with Crippen LogP contribution in [-0.2, 0) is 28.5 Å². The Hall–Kier alpha value is -1.36. The fourth-order valence-corrected chi connectivity index (χ4v) is 17.7. The largest absolute Gasteiger partial charge is 0.392 e. The maximum atomic E-state index is 15.2. The first-order valence-electron chi connectivity index (χ1n) is 21.4. The van der Waals surface area contributed by atoms with Crippen molar-refractivity contribution in [3.05, 3.63) is 12.2 Å². The molecule has 0 unspecified atom stereocenters. The van der Waals surface area contributed by atoms with Gasteiger partial charge in [-0.2, -0.15) is 0 Å². The third-order valence-electron chi connectivity index (χ3n) is 19.6. The summed E-state index contributed by atoms with van der Waals surface area (Å²) >= 11 is 0. The third-order valence-corrected chi connectivity index (χ3v) is 19.6. The van der Waals surface area contributed by atoms with Gasteiger partial charge in [0.25, 0.3) is 0 Å². The first-order valence-corrected chi connectivity index (χ1v) is 21.4. The summed E-state index contributed by atoms with van der Waals surface area (Å²) in [5.74, 6) is -10.2. The molecule has 8 bridgehead atoms. The first-order chi connectivity index (χ1) is 26.2. The molecule has 13 fully saturated rings. The second kappa shape index (κ2) is 10.7. The zero-order chi connectivity index (χ0) is 39.9. The van der Waals surface area contributed by atoms with E-state index in [1.165, 1.54) is 0 Å². The highest BCUT2D eigenvalue weighted by atomic mass is 16.8. The van der Waals surface area contributed by atoms with Crippen molar-refractivity contribution in [2.24, 2.45) is 79.8 Å². The average Bonchev–Trinajstić information content (AvgIpc) is 3.30. The van der Waals surface area contributed by atoms with Gasteiger partial charge in [0.15, 0.2) is 24.1 Å². The van der Waals surface area contributed by atoms with Gasteiger partial charge < -0.3 is 54.7 Å². The Morgan fingerprint density at radius 3 is 2.16 bits per heavy atom. The molecule has 0 radical (unpaired) electrons. The van der Waals surface area contributed by atoms with Crippen LogP contribution in [0.2, 0.25) is 0 Å². The summed E-state index contributed by atoms with van der Waals surface area (Å²) in [5, 5.41) is 85.5. The van der Waals surface area contributed by atoms with Gasteiger partial charge in [-0.3, -0.25) is 9.59 Å². The van der Waals surface area contributed by atoms with Crippen molar-refractivity contribution >= 4 is 11.6 Å². The van der Waals surface area contributed by atoms with Gasteiger partial charge in [0, 0.05) is 35.0 Å². The van der Waals surface area contributed by atoms with Gasteiger partial charge in [-0.1, -0.05) is 41.2 Å². The summed E-state index contributed by atoms with van der Waals surface area (Å²) in [4.78, 5) is 29.5. The fraction of sp³-hybridized carbons (Fsp3) is 0.907. The maximum Gasteiger partial charge on any atom is 0.211 e. The molecule has 0 aromatic carbocycles. The van der Waals surface area contributed by atoms with Crippen LogP contribution >= 0.6 is 0 Å². The Morgan fingerprint density at radius 2 is 1.43 bits per heavy atom. The second-order valence-electron chi connectivity index (χ2n) is 22.0. The molecular weight excluding hydrogens is 724 g/mol. The SMILES string of the molecule is C=C1C(=O)[C@]23[C@H](O)[C@H]1CC[C@H]2[C@]12[C@H]4O[C@H]([C@H](C)C[C@@H]5C(=O)[C@]67[C@H](O)[C@H]5CC[C@H]6[C@@]56CO[C@]7(O)[C@@H](O)[C@@H]5C(C)(C)CC[C@@H]6O)O[C@H]1CCC(C)(C)[C@H]2[C@H](O)[C@@]3(O)O4. The lowest BCUT2D eigenvalue weighted by Gasteiger charge is -2.77. The first kappa shape index (κ1) is 37.6. The van der Waals surface area contributed by atoms with Crippen LogP contribution in [0.15, 0.2) is 12.2 Å². The molecule has 5 saturated heterocycles. The lowest BCUT2D eigenvalue weighted by atomic mass is 9.35. The van der Waals surface area contributed by atoms with Gasteiger partial charge in [0.1, 0.15) is 23.0 Å². The van der Waals surface area contributed by atoms with E-state index in [9.17, 15) is 40.5 Å². The molecule has 310 valence electrons. The van der Waals surface area contributed by atoms with Crippen molar-refractivity contribution in [1.82, 2.24) is 0 Å². The van der Waals surface area contributed by atoms with Crippen LogP contribution in [0.25, 0.3) is 0 Å². The molecular formula is C43H60O13. The van der Waals surface area contributed by atoms with Gasteiger partial charge >= 0.3 is 0 Å². The molecule has 5 aliphatic heterocycles. The molecule has 8 aliphatic carbocycles. The van der Waals surface area contributed by atoms with Gasteiger partial charge in [-0.25, -0.2) is 0 Å². The van der Waals surface area contributed by atoms with Gasteiger partial charge in [0.2, 0.25) is 11.6 Å². The second-order valence-corrected chi connectivity index (χ2v) is 22.0. The summed E-state index contributed by atoms with van der Waals surface area (Å²) in [6.45, 7) is 14.1. The van der Waals surface area contributed by atoms with Crippen LogP contribution in [0, 0.1) is 79.8 Å². The predicted molar refractivity (Wildman–Crippen MR) is 192 cm³/mol. The van der Waals surface area contributed by atoms with E-state index in [2.05, 4.69) is 20.4 Å². The van der Waals surface area contributed by atoms with E-state index in [-0.39, 0.29) is 24.4 Å². The van der Waals surface area contributed by atoms with Crippen LogP contribution in [0.5, 0.6) is 0 Å². The highest BCUT2D eigenvalue weighted by molar-refractivity contribution is 6.05. The molecule has 7 N–H and O–H groups in total. The van der Waals surface area contributed by atoms with Crippen LogP contribution in [-0.4, -0.2) is 115 Å². The number of aliphatic hydroxyl groups is 7. The summed E-state index contributed by atoms with van der Waals surface area (Å²) in [7, 11) is 0. The summed E-state index contributed by atoms with van der Waals surface area (Å²) in [6.07, 6.45) is -4.53. The van der Waals surface area contributed by atoms with Crippen molar-refractivity contribution in [3.8, 4) is 0 Å². The molecule has 22 atom stereocenters. The van der Waals surface area contributed by atoms with E-state index in [0.29, 0.717) is 51.4 Å². The molecule has 13 nitrogen and oxygen atoms in total. The van der Waals surface area contributed by atoms with Crippen LogP contribution < -0.4 is 0 Å². The standard InChI is InChI=1S/C43H60O13/c1-17(15-21-20-8-9-22-38-16-53-42(51,40(22,30(20)47)31(21)48)32(49)26(38)36(3,4)13-11-24(38)44)34-54-25-12-14-37(5,6)27-33(50)43(52)41-23(39(25,27)35(55-34)56-43)10-7-19(29(41)46)18(2)28(41)45/h17,19-27,29-30,32-35,44,46-47,49-52H,2,7-16H2,1,3-6H3/t17-,19+,20+,21+,22+,23+,24+,25+,26-,27-,29-,30-,32+,33+,34-,35+,38-,39+,40-,41+,42-,43-/m1/s1. The topological polar surface area (TPSA) is 213 Å². The van der Waals surface area contributed by atoms with Crippen LogP contribution in [0.3, 0.4) is 0 Å². The minimum atomic E-state index is -2.45. The van der Waals surface area contributed by atoms with E-state index in [0.717, 1.165) is 0 Å². The van der Waals surface area contributed by atoms with E-state index >= 15 is 4.79 Å². The molecule has 8 saturated carbocycles. The van der Waals surface area contributed by atoms with Crippen molar-refractivity contribution in [2.45, 2.75) is 153 Å². The third kappa shape index (κ3) is 3.49. The van der Waals surface area contributed by atoms with E-state index in [1.807, 2.05) is 20.8 Å². The number of aliphatic hydroxyl groups excluding tert-OH is 5. The van der Waals surface area contributed by atoms with E-state index in [1.54, 1.807) is 0 Å². The number of ketones is 2. The normalized spacial score (nSPS) is 62.4. The summed E-state index contributed by atoms with van der Waals surface area (Å²) in [6, 6.07) is 0. The van der Waals surface area contributed by atoms with E-state index in [4.69, 9.17) is 18.9 Å². The van der Waals surface area contributed by atoms with Crippen molar-refractivity contribution in [3.63, 3.8) is 0 Å². The van der Waals surface area contributed by atoms with Crippen molar-refractivity contribution < 1.29 is 64.3 Å². The van der Waals surface area contributed by atoms with Crippen LogP contribution in [0.4, 0.5) is 0 Å². The smallest absolute Gasteiger partial charge is 0.211 e. The number of hydrogen-bond donors (Lipinski definition) is 7. The zero-order valence-electron chi connectivity index (χ0n) is 33.1. The minimum Gasteiger partial charge on any atom is -0.392 e. The Kier molecular flexibility index (Phi) is 7.22. The number of carbonyl (C=O) groups is 2. The Balaban J connectivity index is 0.939. The predicted octanol–water partition coefficient (Wildman–Crippen LogP) is 1.56. The zero-order valence-corrected chi connectivity index (χ0v) is 33.1. The van der Waals surface area contributed by atoms with Crippen molar-refractivity contribution in [2.75, 3.05) is 6.61 Å². The number of rotatable bonds is 3.